The van der Waals surface area contributed by atoms with E-state index in [1.165, 1.54) is 12.1 Å². The molecule has 0 bridgehead atoms. The highest BCUT2D eigenvalue weighted by molar-refractivity contribution is 5.93. The molecule has 0 aliphatic heterocycles. The Labute approximate surface area is 204 Å². The zero-order valence-corrected chi connectivity index (χ0v) is 20.3. The van der Waals surface area contributed by atoms with Gasteiger partial charge in [0.25, 0.3) is 0 Å². The summed E-state index contributed by atoms with van der Waals surface area (Å²) in [6, 6.07) is 4.63. The van der Waals surface area contributed by atoms with Crippen molar-refractivity contribution >= 4 is 17.4 Å². The maximum Gasteiger partial charge on any atom is 0.416 e. The van der Waals surface area contributed by atoms with Crippen molar-refractivity contribution in [2.75, 3.05) is 11.9 Å². The Kier molecular flexibility index (Phi) is 5.93. The summed E-state index contributed by atoms with van der Waals surface area (Å²) in [5.41, 5.74) is 0.529. The first-order valence-corrected chi connectivity index (χ1v) is 12.8. The SMILES string of the molecule is C[C@]12CCC(=O)C=C1C(CO)CC1C2CC[C@@]2(C)C1CC[C@@H]2C(=O)Nc1ccc(C(F)(F)F)cc1. The summed E-state index contributed by atoms with van der Waals surface area (Å²) < 4.78 is 38.6. The van der Waals surface area contributed by atoms with Crippen molar-refractivity contribution in [3.8, 4) is 0 Å². The lowest BCUT2D eigenvalue weighted by molar-refractivity contribution is -0.137. The zero-order valence-electron chi connectivity index (χ0n) is 20.3. The van der Waals surface area contributed by atoms with Gasteiger partial charge in [0.15, 0.2) is 5.78 Å². The molecule has 7 atom stereocenters. The number of carbonyl (C=O) groups excluding carboxylic acids is 2. The van der Waals surface area contributed by atoms with E-state index in [1.54, 1.807) is 0 Å². The molecule has 4 unspecified atom stereocenters. The van der Waals surface area contributed by atoms with E-state index >= 15 is 0 Å². The summed E-state index contributed by atoms with van der Waals surface area (Å²) in [4.78, 5) is 25.5. The van der Waals surface area contributed by atoms with Crippen molar-refractivity contribution in [2.45, 2.75) is 65.0 Å². The number of halogens is 3. The first-order chi connectivity index (χ1) is 16.5. The molecule has 4 aliphatic rings. The number of fused-ring (bicyclic) bond motifs is 5. The number of rotatable bonds is 3. The van der Waals surface area contributed by atoms with Gasteiger partial charge < -0.3 is 10.4 Å². The monoisotopic (exact) mass is 489 g/mol. The minimum atomic E-state index is -4.41. The Balaban J connectivity index is 1.36. The number of aliphatic hydroxyl groups is 1. The number of hydrogen-bond donors (Lipinski definition) is 2. The smallest absolute Gasteiger partial charge is 0.396 e. The lowest BCUT2D eigenvalue weighted by atomic mass is 9.45. The van der Waals surface area contributed by atoms with Crippen LogP contribution in [0.4, 0.5) is 18.9 Å². The molecule has 0 spiro atoms. The molecule has 3 saturated carbocycles. The molecule has 0 saturated heterocycles. The van der Waals surface area contributed by atoms with Crippen molar-refractivity contribution in [3.05, 3.63) is 41.5 Å². The number of anilines is 1. The quantitative estimate of drug-likeness (QED) is 0.546. The van der Waals surface area contributed by atoms with Gasteiger partial charge in [-0.05, 0) is 97.5 Å². The fourth-order valence-corrected chi connectivity index (χ4v) is 8.36. The van der Waals surface area contributed by atoms with E-state index in [2.05, 4.69) is 19.2 Å². The van der Waals surface area contributed by atoms with Gasteiger partial charge in [0, 0.05) is 30.6 Å². The van der Waals surface area contributed by atoms with Gasteiger partial charge in [-0.3, -0.25) is 9.59 Å². The summed E-state index contributed by atoms with van der Waals surface area (Å²) in [5.74, 6) is 1.04. The molecule has 0 aromatic heterocycles. The third kappa shape index (κ3) is 3.94. The summed E-state index contributed by atoms with van der Waals surface area (Å²) in [7, 11) is 0. The minimum Gasteiger partial charge on any atom is -0.396 e. The summed E-state index contributed by atoms with van der Waals surface area (Å²) in [6.45, 7) is 4.53. The fourth-order valence-electron chi connectivity index (χ4n) is 8.36. The standard InChI is InChI=1S/C28H34F3NO3/c1-26-12-10-22-20(13-16(15-33)24-14-19(34)9-11-27(22,24)2)21(26)7-8-23(26)25(35)32-18-5-3-17(4-6-18)28(29,30)31/h3-6,14,16,20-23,33H,7-13,15H2,1-2H3,(H,32,35)/t16?,20?,21?,22?,23-,26+,27-/m1/s1. The van der Waals surface area contributed by atoms with Gasteiger partial charge in [-0.2, -0.15) is 13.2 Å². The molecule has 0 heterocycles. The summed E-state index contributed by atoms with van der Waals surface area (Å²) >= 11 is 0. The lowest BCUT2D eigenvalue weighted by Gasteiger charge is -2.59. The van der Waals surface area contributed by atoms with Crippen molar-refractivity contribution in [3.63, 3.8) is 0 Å². The highest BCUT2D eigenvalue weighted by atomic mass is 19.4. The molecule has 4 nitrogen and oxygen atoms in total. The van der Waals surface area contributed by atoms with Crippen LogP contribution in [0, 0.1) is 40.4 Å². The van der Waals surface area contributed by atoms with Crippen LogP contribution in [0.25, 0.3) is 0 Å². The van der Waals surface area contributed by atoms with Gasteiger partial charge in [-0.15, -0.1) is 0 Å². The number of benzene rings is 1. The van der Waals surface area contributed by atoms with Crippen LogP contribution in [0.5, 0.6) is 0 Å². The lowest BCUT2D eigenvalue weighted by Crippen LogP contribution is -2.53. The van der Waals surface area contributed by atoms with E-state index in [0.717, 1.165) is 56.2 Å². The van der Waals surface area contributed by atoms with Crippen molar-refractivity contribution in [1.82, 2.24) is 0 Å². The van der Waals surface area contributed by atoms with E-state index in [1.807, 2.05) is 6.08 Å². The number of amides is 1. The molecule has 190 valence electrons. The van der Waals surface area contributed by atoms with Gasteiger partial charge in [0.05, 0.1) is 5.56 Å². The fraction of sp³-hybridized carbons (Fsp3) is 0.643. The number of aliphatic hydroxyl groups excluding tert-OH is 1. The maximum atomic E-state index is 13.3. The van der Waals surface area contributed by atoms with Crippen molar-refractivity contribution in [2.24, 2.45) is 40.4 Å². The number of nitrogens with one attached hydrogen (secondary N) is 1. The third-order valence-electron chi connectivity index (χ3n) is 10.1. The van der Waals surface area contributed by atoms with Gasteiger partial charge in [0.1, 0.15) is 0 Å². The predicted molar refractivity (Wildman–Crippen MR) is 126 cm³/mol. The number of hydrogen-bond acceptors (Lipinski definition) is 3. The molecule has 1 aromatic rings. The molecular weight excluding hydrogens is 455 g/mol. The highest BCUT2D eigenvalue weighted by Gasteiger charge is 2.61. The molecular formula is C28H34F3NO3. The second kappa shape index (κ2) is 8.46. The number of ketones is 1. The van der Waals surface area contributed by atoms with E-state index in [-0.39, 0.29) is 41.0 Å². The van der Waals surface area contributed by atoms with Gasteiger partial charge in [0.2, 0.25) is 5.91 Å². The average Bonchev–Trinajstić information content (AvgIpc) is 3.16. The molecule has 35 heavy (non-hydrogen) atoms. The molecule has 2 N–H and O–H groups in total. The zero-order chi connectivity index (χ0) is 25.2. The molecule has 4 aliphatic carbocycles. The van der Waals surface area contributed by atoms with E-state index < -0.39 is 11.7 Å². The van der Waals surface area contributed by atoms with Crippen LogP contribution in [0.15, 0.2) is 35.9 Å². The summed E-state index contributed by atoms with van der Waals surface area (Å²) in [6.07, 6.45) is 3.25. The van der Waals surface area contributed by atoms with Crippen molar-refractivity contribution in [1.29, 1.82) is 0 Å². The van der Waals surface area contributed by atoms with Gasteiger partial charge in [-0.25, -0.2) is 0 Å². The Bertz CT molecular complexity index is 1050. The molecule has 0 radical (unpaired) electrons. The van der Waals surface area contributed by atoms with Crippen LogP contribution in [0.1, 0.15) is 64.4 Å². The van der Waals surface area contributed by atoms with E-state index in [4.69, 9.17) is 0 Å². The maximum absolute atomic E-state index is 13.3. The van der Waals surface area contributed by atoms with Gasteiger partial charge in [-0.1, -0.05) is 19.4 Å². The molecule has 5 rings (SSSR count). The van der Waals surface area contributed by atoms with Gasteiger partial charge >= 0.3 is 6.18 Å². The Morgan fingerprint density at radius 2 is 1.80 bits per heavy atom. The molecule has 1 amide bonds. The van der Waals surface area contributed by atoms with Crippen LogP contribution in [-0.2, 0) is 15.8 Å². The normalized spacial score (nSPS) is 38.7. The topological polar surface area (TPSA) is 66.4 Å². The van der Waals surface area contributed by atoms with Crippen LogP contribution in [-0.4, -0.2) is 23.4 Å². The van der Waals surface area contributed by atoms with Crippen LogP contribution in [0.2, 0.25) is 0 Å². The van der Waals surface area contributed by atoms with E-state index in [9.17, 15) is 27.9 Å². The first kappa shape index (κ1) is 24.5. The first-order valence-electron chi connectivity index (χ1n) is 12.8. The molecule has 3 fully saturated rings. The second-order valence-corrected chi connectivity index (χ2v) is 11.7. The highest BCUT2D eigenvalue weighted by Crippen LogP contribution is 2.67. The Hall–Kier alpha value is -2.15. The minimum absolute atomic E-state index is 0.00660. The summed E-state index contributed by atoms with van der Waals surface area (Å²) in [5, 5.41) is 13.1. The Morgan fingerprint density at radius 3 is 2.46 bits per heavy atom. The molecule has 1 aromatic carbocycles. The number of alkyl halides is 3. The second-order valence-electron chi connectivity index (χ2n) is 11.7. The molecule has 7 heteroatoms. The Morgan fingerprint density at radius 1 is 1.09 bits per heavy atom. The van der Waals surface area contributed by atoms with Crippen LogP contribution >= 0.6 is 0 Å². The average molecular weight is 490 g/mol. The van der Waals surface area contributed by atoms with Crippen LogP contribution in [0.3, 0.4) is 0 Å². The van der Waals surface area contributed by atoms with E-state index in [0.29, 0.717) is 29.9 Å². The van der Waals surface area contributed by atoms with Crippen molar-refractivity contribution < 1.29 is 27.9 Å². The number of carbonyl (C=O) groups is 2. The van der Waals surface area contributed by atoms with Crippen LogP contribution < -0.4 is 5.32 Å². The largest absolute Gasteiger partial charge is 0.416 e. The predicted octanol–water partition coefficient (Wildman–Crippen LogP) is 6.01. The third-order valence-corrected chi connectivity index (χ3v) is 10.1.